The van der Waals surface area contributed by atoms with Gasteiger partial charge in [0.05, 0.1) is 6.10 Å². The quantitative estimate of drug-likeness (QED) is 0.847. The maximum Gasteiger partial charge on any atom is 0.251 e. The molecule has 2 rings (SSSR count). The monoisotopic (exact) mass is 289 g/mol. The first-order valence-corrected chi connectivity index (χ1v) is 6.95. The summed E-state index contributed by atoms with van der Waals surface area (Å²) in [4.78, 5) is 15.9. The van der Waals surface area contributed by atoms with E-state index in [1.54, 1.807) is 24.3 Å². The Bertz CT molecular complexity index is 566. The maximum absolute atomic E-state index is 12.0. The average molecular weight is 289 g/mol. The van der Waals surface area contributed by atoms with Gasteiger partial charge in [0.15, 0.2) is 0 Å². The zero-order valence-corrected chi connectivity index (χ0v) is 12.1. The molecule has 0 aliphatic heterocycles. The van der Waals surface area contributed by atoms with Crippen molar-refractivity contribution in [2.45, 2.75) is 26.4 Å². The fraction of sp³-hybridized carbons (Fsp3) is 0.400. The Morgan fingerprint density at radius 1 is 1.38 bits per heavy atom. The number of benzene rings is 1. The maximum atomic E-state index is 12.0. The van der Waals surface area contributed by atoms with E-state index in [1.165, 1.54) is 6.39 Å². The number of amides is 1. The Hall–Kier alpha value is -2.21. The summed E-state index contributed by atoms with van der Waals surface area (Å²) in [6, 6.07) is 6.89. The van der Waals surface area contributed by atoms with E-state index in [0.717, 1.165) is 12.0 Å². The summed E-state index contributed by atoms with van der Waals surface area (Å²) >= 11 is 0. The molecule has 2 atom stereocenters. The van der Waals surface area contributed by atoms with Crippen LogP contribution in [-0.4, -0.2) is 33.8 Å². The normalized spacial score (nSPS) is 13.7. The fourth-order valence-electron chi connectivity index (χ4n) is 1.84. The van der Waals surface area contributed by atoms with Crippen molar-refractivity contribution < 1.29 is 14.4 Å². The lowest BCUT2D eigenvalue weighted by Crippen LogP contribution is -2.35. The SMILES string of the molecule is CCC(C)C(O)CNC(=O)c1ccc(-c2ncon2)cc1. The van der Waals surface area contributed by atoms with E-state index in [4.69, 9.17) is 0 Å². The second kappa shape index (κ2) is 6.99. The van der Waals surface area contributed by atoms with Crippen LogP contribution in [0.2, 0.25) is 0 Å². The van der Waals surface area contributed by atoms with Crippen LogP contribution in [0.4, 0.5) is 0 Å². The molecule has 2 unspecified atom stereocenters. The van der Waals surface area contributed by atoms with Crippen LogP contribution in [-0.2, 0) is 0 Å². The van der Waals surface area contributed by atoms with Crippen molar-refractivity contribution >= 4 is 5.91 Å². The van der Waals surface area contributed by atoms with Crippen molar-refractivity contribution in [1.82, 2.24) is 15.5 Å². The van der Waals surface area contributed by atoms with E-state index in [9.17, 15) is 9.90 Å². The second-order valence-corrected chi connectivity index (χ2v) is 5.00. The van der Waals surface area contributed by atoms with Gasteiger partial charge in [0.1, 0.15) is 0 Å². The Labute approximate surface area is 123 Å². The summed E-state index contributed by atoms with van der Waals surface area (Å²) < 4.78 is 4.68. The molecular formula is C15H19N3O3. The van der Waals surface area contributed by atoms with Gasteiger partial charge in [-0.2, -0.15) is 4.98 Å². The molecular weight excluding hydrogens is 270 g/mol. The molecule has 6 nitrogen and oxygen atoms in total. The number of aromatic nitrogens is 2. The van der Waals surface area contributed by atoms with Crippen molar-refractivity contribution in [2.75, 3.05) is 6.54 Å². The third-order valence-electron chi connectivity index (χ3n) is 3.54. The Kier molecular flexibility index (Phi) is 5.05. The molecule has 0 saturated heterocycles. The third-order valence-corrected chi connectivity index (χ3v) is 3.54. The van der Waals surface area contributed by atoms with Gasteiger partial charge in [-0.3, -0.25) is 4.79 Å². The molecule has 0 bridgehead atoms. The van der Waals surface area contributed by atoms with E-state index in [2.05, 4.69) is 20.0 Å². The minimum Gasteiger partial charge on any atom is -0.391 e. The molecule has 0 radical (unpaired) electrons. The number of carbonyl (C=O) groups excluding carboxylic acids is 1. The summed E-state index contributed by atoms with van der Waals surface area (Å²) in [5, 5.41) is 16.3. The summed E-state index contributed by atoms with van der Waals surface area (Å²) in [5.74, 6) is 0.428. The predicted octanol–water partition coefficient (Wildman–Crippen LogP) is 1.87. The van der Waals surface area contributed by atoms with E-state index in [-0.39, 0.29) is 18.4 Å². The largest absolute Gasteiger partial charge is 0.391 e. The highest BCUT2D eigenvalue weighted by molar-refractivity contribution is 5.94. The first-order chi connectivity index (χ1) is 10.1. The Balaban J connectivity index is 1.94. The van der Waals surface area contributed by atoms with Crippen LogP contribution >= 0.6 is 0 Å². The average Bonchev–Trinajstić information content (AvgIpc) is 3.06. The van der Waals surface area contributed by atoms with E-state index < -0.39 is 6.10 Å². The number of aliphatic hydroxyl groups excluding tert-OH is 1. The molecule has 21 heavy (non-hydrogen) atoms. The zero-order valence-electron chi connectivity index (χ0n) is 12.1. The first-order valence-electron chi connectivity index (χ1n) is 6.95. The smallest absolute Gasteiger partial charge is 0.251 e. The summed E-state index contributed by atoms with van der Waals surface area (Å²) in [5.41, 5.74) is 1.30. The molecule has 2 N–H and O–H groups in total. The van der Waals surface area contributed by atoms with Crippen molar-refractivity contribution in [3.05, 3.63) is 36.2 Å². The number of rotatable bonds is 6. The van der Waals surface area contributed by atoms with Gasteiger partial charge < -0.3 is 14.9 Å². The zero-order chi connectivity index (χ0) is 15.2. The van der Waals surface area contributed by atoms with E-state index in [0.29, 0.717) is 11.4 Å². The number of aliphatic hydroxyl groups is 1. The van der Waals surface area contributed by atoms with Crippen LogP contribution < -0.4 is 5.32 Å². The minimum atomic E-state index is -0.530. The van der Waals surface area contributed by atoms with Gasteiger partial charge in [0.25, 0.3) is 5.91 Å². The number of hydrogen-bond acceptors (Lipinski definition) is 5. The van der Waals surface area contributed by atoms with Crippen LogP contribution in [0.1, 0.15) is 30.6 Å². The lowest BCUT2D eigenvalue weighted by atomic mass is 10.0. The van der Waals surface area contributed by atoms with Crippen LogP contribution in [0.25, 0.3) is 11.4 Å². The Morgan fingerprint density at radius 2 is 2.10 bits per heavy atom. The highest BCUT2D eigenvalue weighted by atomic mass is 16.5. The molecule has 0 saturated carbocycles. The standard InChI is InChI=1S/C15H19N3O3/c1-3-10(2)13(19)8-16-15(20)12-6-4-11(5-7-12)14-17-9-21-18-14/h4-7,9-10,13,19H,3,8H2,1-2H3,(H,16,20). The van der Waals surface area contributed by atoms with Crippen LogP contribution in [0.15, 0.2) is 35.2 Å². The molecule has 0 fully saturated rings. The minimum absolute atomic E-state index is 0.158. The van der Waals surface area contributed by atoms with Gasteiger partial charge in [0.2, 0.25) is 12.2 Å². The molecule has 112 valence electrons. The highest BCUT2D eigenvalue weighted by Crippen LogP contribution is 2.15. The molecule has 6 heteroatoms. The number of hydrogen-bond donors (Lipinski definition) is 2. The van der Waals surface area contributed by atoms with E-state index >= 15 is 0 Å². The first kappa shape index (κ1) is 15.2. The summed E-state index contributed by atoms with van der Waals surface area (Å²) in [7, 11) is 0. The summed E-state index contributed by atoms with van der Waals surface area (Å²) in [6.45, 7) is 4.21. The van der Waals surface area contributed by atoms with Crippen LogP contribution in [0, 0.1) is 5.92 Å². The fourth-order valence-corrected chi connectivity index (χ4v) is 1.84. The number of nitrogens with one attached hydrogen (secondary N) is 1. The molecule has 0 aliphatic carbocycles. The molecule has 1 heterocycles. The van der Waals surface area contributed by atoms with E-state index in [1.807, 2.05) is 13.8 Å². The lowest BCUT2D eigenvalue weighted by molar-refractivity contribution is 0.0850. The molecule has 2 aromatic rings. The van der Waals surface area contributed by atoms with Crippen molar-refractivity contribution in [2.24, 2.45) is 5.92 Å². The number of carbonyl (C=O) groups is 1. The molecule has 1 aromatic heterocycles. The topological polar surface area (TPSA) is 88.2 Å². The van der Waals surface area contributed by atoms with Gasteiger partial charge >= 0.3 is 0 Å². The second-order valence-electron chi connectivity index (χ2n) is 5.00. The van der Waals surface area contributed by atoms with Gasteiger partial charge in [0, 0.05) is 17.7 Å². The molecule has 1 aromatic carbocycles. The molecule has 0 aliphatic rings. The third kappa shape index (κ3) is 3.88. The highest BCUT2D eigenvalue weighted by Gasteiger charge is 2.14. The Morgan fingerprint density at radius 3 is 2.67 bits per heavy atom. The van der Waals surface area contributed by atoms with Gasteiger partial charge in [-0.25, -0.2) is 0 Å². The van der Waals surface area contributed by atoms with Gasteiger partial charge in [-0.1, -0.05) is 37.6 Å². The summed E-state index contributed by atoms with van der Waals surface area (Å²) in [6.07, 6.45) is 1.60. The van der Waals surface area contributed by atoms with Gasteiger partial charge in [-0.15, -0.1) is 0 Å². The molecule has 1 amide bonds. The lowest BCUT2D eigenvalue weighted by Gasteiger charge is -2.17. The van der Waals surface area contributed by atoms with Crippen LogP contribution in [0.5, 0.6) is 0 Å². The molecule has 0 spiro atoms. The number of nitrogens with zero attached hydrogens (tertiary/aromatic N) is 2. The van der Waals surface area contributed by atoms with Crippen molar-refractivity contribution in [1.29, 1.82) is 0 Å². The van der Waals surface area contributed by atoms with Crippen LogP contribution in [0.3, 0.4) is 0 Å². The predicted molar refractivity (Wildman–Crippen MR) is 77.5 cm³/mol. The van der Waals surface area contributed by atoms with Gasteiger partial charge in [-0.05, 0) is 18.1 Å². The van der Waals surface area contributed by atoms with Crippen molar-refractivity contribution in [3.8, 4) is 11.4 Å². The van der Waals surface area contributed by atoms with Crippen molar-refractivity contribution in [3.63, 3.8) is 0 Å².